The molecule has 20 heavy (non-hydrogen) atoms. The van der Waals surface area contributed by atoms with Crippen molar-refractivity contribution in [2.45, 2.75) is 19.4 Å². The SMILES string of the molecule is C[C@@H]1C[C@H]1C(=O)N[C@H](c1ccc(F)cc1)c1cccs1. The predicted molar refractivity (Wildman–Crippen MR) is 78.0 cm³/mol. The van der Waals surface area contributed by atoms with Crippen LogP contribution in [0.4, 0.5) is 4.39 Å². The van der Waals surface area contributed by atoms with Gasteiger partial charge in [0.1, 0.15) is 5.82 Å². The van der Waals surface area contributed by atoms with Crippen molar-refractivity contribution in [3.05, 3.63) is 58.0 Å². The zero-order valence-electron chi connectivity index (χ0n) is 11.2. The van der Waals surface area contributed by atoms with Crippen molar-refractivity contribution in [2.24, 2.45) is 11.8 Å². The Morgan fingerprint density at radius 1 is 1.35 bits per heavy atom. The highest BCUT2D eigenvalue weighted by molar-refractivity contribution is 7.10. The standard InChI is InChI=1S/C16H16FNOS/c1-10-9-13(10)16(19)18-15(14-3-2-8-20-14)11-4-6-12(17)7-5-11/h2-8,10,13,15H,9H2,1H3,(H,18,19)/t10-,13-,15-/m1/s1. The number of carbonyl (C=O) groups excluding carboxylic acids is 1. The van der Waals surface area contributed by atoms with Crippen molar-refractivity contribution in [3.63, 3.8) is 0 Å². The number of benzene rings is 1. The van der Waals surface area contributed by atoms with E-state index in [1.807, 2.05) is 17.5 Å². The van der Waals surface area contributed by atoms with Crippen molar-refractivity contribution >= 4 is 17.2 Å². The number of hydrogen-bond acceptors (Lipinski definition) is 2. The monoisotopic (exact) mass is 289 g/mol. The van der Waals surface area contributed by atoms with Crippen LogP contribution in [-0.2, 0) is 4.79 Å². The molecule has 0 unspecified atom stereocenters. The van der Waals surface area contributed by atoms with Gasteiger partial charge in [-0.25, -0.2) is 4.39 Å². The lowest BCUT2D eigenvalue weighted by atomic mass is 10.0. The molecule has 104 valence electrons. The maximum atomic E-state index is 13.1. The van der Waals surface area contributed by atoms with Gasteiger partial charge in [-0.2, -0.15) is 0 Å². The molecule has 0 radical (unpaired) electrons. The third-order valence-corrected chi connectivity index (χ3v) is 4.70. The molecule has 1 aliphatic carbocycles. The van der Waals surface area contributed by atoms with E-state index in [0.29, 0.717) is 5.92 Å². The van der Waals surface area contributed by atoms with Gasteiger partial charge in [0.25, 0.3) is 0 Å². The Balaban J connectivity index is 1.84. The maximum absolute atomic E-state index is 13.1. The summed E-state index contributed by atoms with van der Waals surface area (Å²) < 4.78 is 13.1. The molecule has 1 fully saturated rings. The molecule has 2 aromatic rings. The van der Waals surface area contributed by atoms with Gasteiger partial charge < -0.3 is 5.32 Å². The summed E-state index contributed by atoms with van der Waals surface area (Å²) in [5.74, 6) is 0.450. The van der Waals surface area contributed by atoms with Gasteiger partial charge in [-0.05, 0) is 41.5 Å². The van der Waals surface area contributed by atoms with Crippen LogP contribution in [0.2, 0.25) is 0 Å². The van der Waals surface area contributed by atoms with E-state index in [9.17, 15) is 9.18 Å². The second-order valence-corrected chi connectivity index (χ2v) is 6.31. The third-order valence-electron chi connectivity index (χ3n) is 3.76. The zero-order valence-corrected chi connectivity index (χ0v) is 12.0. The average molecular weight is 289 g/mol. The van der Waals surface area contributed by atoms with Crippen molar-refractivity contribution in [1.29, 1.82) is 0 Å². The van der Waals surface area contributed by atoms with E-state index < -0.39 is 0 Å². The van der Waals surface area contributed by atoms with E-state index in [1.54, 1.807) is 23.5 Å². The van der Waals surface area contributed by atoms with Crippen molar-refractivity contribution in [1.82, 2.24) is 5.32 Å². The van der Waals surface area contributed by atoms with Gasteiger partial charge in [0, 0.05) is 10.8 Å². The molecule has 2 nitrogen and oxygen atoms in total. The Morgan fingerprint density at radius 2 is 2.05 bits per heavy atom. The first-order valence-corrected chi connectivity index (χ1v) is 7.62. The minimum Gasteiger partial charge on any atom is -0.344 e. The van der Waals surface area contributed by atoms with Crippen LogP contribution in [0.5, 0.6) is 0 Å². The molecule has 4 heteroatoms. The van der Waals surface area contributed by atoms with E-state index >= 15 is 0 Å². The summed E-state index contributed by atoms with van der Waals surface area (Å²) in [6.07, 6.45) is 0.965. The molecule has 3 atom stereocenters. The lowest BCUT2D eigenvalue weighted by Crippen LogP contribution is -2.30. The lowest BCUT2D eigenvalue weighted by Gasteiger charge is -2.18. The van der Waals surface area contributed by atoms with Gasteiger partial charge in [-0.15, -0.1) is 11.3 Å². The zero-order chi connectivity index (χ0) is 14.1. The highest BCUT2D eigenvalue weighted by Gasteiger charge is 2.40. The number of carbonyl (C=O) groups is 1. The molecular formula is C16H16FNOS. The summed E-state index contributed by atoms with van der Waals surface area (Å²) in [6, 6.07) is 10.1. The van der Waals surface area contributed by atoms with Gasteiger partial charge in [-0.3, -0.25) is 4.79 Å². The number of nitrogens with one attached hydrogen (secondary N) is 1. The van der Waals surface area contributed by atoms with Crippen LogP contribution in [0.1, 0.15) is 29.8 Å². The van der Waals surface area contributed by atoms with Gasteiger partial charge in [-0.1, -0.05) is 25.1 Å². The van der Waals surface area contributed by atoms with Gasteiger partial charge in [0.15, 0.2) is 0 Å². The smallest absolute Gasteiger partial charge is 0.224 e. The van der Waals surface area contributed by atoms with Gasteiger partial charge >= 0.3 is 0 Å². The van der Waals surface area contributed by atoms with E-state index in [0.717, 1.165) is 16.9 Å². The molecule has 1 heterocycles. The Morgan fingerprint density at radius 3 is 2.60 bits per heavy atom. The van der Waals surface area contributed by atoms with Crippen molar-refractivity contribution in [2.75, 3.05) is 0 Å². The van der Waals surface area contributed by atoms with Crippen LogP contribution in [-0.4, -0.2) is 5.91 Å². The highest BCUT2D eigenvalue weighted by atomic mass is 32.1. The first-order chi connectivity index (χ1) is 9.65. The molecule has 1 saturated carbocycles. The minimum atomic E-state index is -0.263. The largest absolute Gasteiger partial charge is 0.344 e. The molecular weight excluding hydrogens is 273 g/mol. The van der Waals surface area contributed by atoms with Crippen LogP contribution in [0.15, 0.2) is 41.8 Å². The molecule has 1 N–H and O–H groups in total. The Labute approximate surface area is 121 Å². The maximum Gasteiger partial charge on any atom is 0.224 e. The van der Waals surface area contributed by atoms with E-state index in [2.05, 4.69) is 12.2 Å². The first kappa shape index (κ1) is 13.3. The molecule has 1 aromatic heterocycles. The molecule has 3 rings (SSSR count). The van der Waals surface area contributed by atoms with Crippen LogP contribution < -0.4 is 5.32 Å². The number of rotatable bonds is 4. The molecule has 0 bridgehead atoms. The number of thiophene rings is 1. The van der Waals surface area contributed by atoms with Gasteiger partial charge in [0.2, 0.25) is 5.91 Å². The third kappa shape index (κ3) is 2.75. The topological polar surface area (TPSA) is 29.1 Å². The second-order valence-electron chi connectivity index (χ2n) is 5.33. The summed E-state index contributed by atoms with van der Waals surface area (Å²) in [5, 5.41) is 5.08. The molecule has 1 aromatic carbocycles. The quantitative estimate of drug-likeness (QED) is 0.912. The van der Waals surface area contributed by atoms with E-state index in [4.69, 9.17) is 0 Å². The number of halogens is 1. The van der Waals surface area contributed by atoms with Crippen LogP contribution in [0.3, 0.4) is 0 Å². The Bertz CT molecular complexity index is 593. The average Bonchev–Trinajstić information content (AvgIpc) is 2.95. The van der Waals surface area contributed by atoms with Crippen LogP contribution in [0, 0.1) is 17.7 Å². The van der Waals surface area contributed by atoms with Gasteiger partial charge in [0.05, 0.1) is 6.04 Å². The predicted octanol–water partition coefficient (Wildman–Crippen LogP) is 3.75. The Kier molecular flexibility index (Phi) is 3.57. The minimum absolute atomic E-state index is 0.0974. The lowest BCUT2D eigenvalue weighted by molar-refractivity contribution is -0.123. The van der Waals surface area contributed by atoms with Crippen molar-refractivity contribution < 1.29 is 9.18 Å². The van der Waals surface area contributed by atoms with E-state index in [1.165, 1.54) is 12.1 Å². The fourth-order valence-electron chi connectivity index (χ4n) is 2.37. The second kappa shape index (κ2) is 5.37. The summed E-state index contributed by atoms with van der Waals surface area (Å²) in [5.41, 5.74) is 0.913. The highest BCUT2D eigenvalue weighted by Crippen LogP contribution is 2.38. The number of hydrogen-bond donors (Lipinski definition) is 1. The van der Waals surface area contributed by atoms with Crippen molar-refractivity contribution in [3.8, 4) is 0 Å². The van der Waals surface area contributed by atoms with Crippen LogP contribution >= 0.6 is 11.3 Å². The first-order valence-electron chi connectivity index (χ1n) is 6.74. The summed E-state index contributed by atoms with van der Waals surface area (Å²) in [6.45, 7) is 2.09. The van der Waals surface area contributed by atoms with Crippen LogP contribution in [0.25, 0.3) is 0 Å². The summed E-state index contributed by atoms with van der Waals surface area (Å²) in [7, 11) is 0. The molecule has 0 saturated heterocycles. The summed E-state index contributed by atoms with van der Waals surface area (Å²) >= 11 is 1.60. The molecule has 0 spiro atoms. The molecule has 0 aliphatic heterocycles. The fourth-order valence-corrected chi connectivity index (χ4v) is 3.17. The molecule has 1 amide bonds. The fraction of sp³-hybridized carbons (Fsp3) is 0.312. The summed E-state index contributed by atoms with van der Waals surface area (Å²) in [4.78, 5) is 13.2. The Hall–Kier alpha value is -1.68. The number of amides is 1. The normalized spacial score (nSPS) is 22.3. The molecule has 1 aliphatic rings. The van der Waals surface area contributed by atoms with E-state index in [-0.39, 0.29) is 23.7 Å².